The number of aliphatic hydroxyl groups excluding tert-OH is 1. The van der Waals surface area contributed by atoms with E-state index < -0.39 is 12.1 Å². The maximum absolute atomic E-state index is 12.8. The highest BCUT2D eigenvalue weighted by atomic mass is 16.5. The zero-order valence-corrected chi connectivity index (χ0v) is 17.7. The van der Waals surface area contributed by atoms with Crippen molar-refractivity contribution < 1.29 is 19.4 Å². The molecule has 0 saturated carbocycles. The van der Waals surface area contributed by atoms with E-state index in [1.807, 2.05) is 74.5 Å². The van der Waals surface area contributed by atoms with E-state index in [1.54, 1.807) is 0 Å². The fourth-order valence-electron chi connectivity index (χ4n) is 3.11. The molecule has 0 aliphatic heterocycles. The van der Waals surface area contributed by atoms with E-state index in [-0.39, 0.29) is 31.1 Å². The Labute approximate surface area is 178 Å². The van der Waals surface area contributed by atoms with Crippen LogP contribution in [0.2, 0.25) is 0 Å². The van der Waals surface area contributed by atoms with Gasteiger partial charge in [-0.05, 0) is 36.3 Å². The summed E-state index contributed by atoms with van der Waals surface area (Å²) in [7, 11) is 0. The number of ether oxygens (including phenoxy) is 1. The van der Waals surface area contributed by atoms with Gasteiger partial charge in [0.2, 0.25) is 5.91 Å². The summed E-state index contributed by atoms with van der Waals surface area (Å²) >= 11 is 0. The van der Waals surface area contributed by atoms with Crippen molar-refractivity contribution in [1.82, 2.24) is 10.6 Å². The molecule has 0 saturated heterocycles. The van der Waals surface area contributed by atoms with E-state index in [2.05, 4.69) is 10.6 Å². The van der Waals surface area contributed by atoms with Gasteiger partial charge in [-0.25, -0.2) is 4.79 Å². The van der Waals surface area contributed by atoms with Crippen LogP contribution in [0.5, 0.6) is 0 Å². The highest BCUT2D eigenvalue weighted by Crippen LogP contribution is 2.09. The molecule has 0 fully saturated rings. The molecule has 3 N–H and O–H groups in total. The lowest BCUT2D eigenvalue weighted by Crippen LogP contribution is -2.51. The molecule has 2 aromatic carbocycles. The number of benzene rings is 2. The lowest BCUT2D eigenvalue weighted by molar-refractivity contribution is -0.124. The Balaban J connectivity index is 1.88. The summed E-state index contributed by atoms with van der Waals surface area (Å²) in [4.78, 5) is 25.0. The Bertz CT molecular complexity index is 765. The van der Waals surface area contributed by atoms with Gasteiger partial charge in [0.1, 0.15) is 12.6 Å². The maximum Gasteiger partial charge on any atom is 0.408 e. The molecular weight excluding hydrogens is 380 g/mol. The van der Waals surface area contributed by atoms with Gasteiger partial charge >= 0.3 is 6.09 Å². The first kappa shape index (κ1) is 23.4. The lowest BCUT2D eigenvalue weighted by atomic mass is 10.0. The molecule has 0 radical (unpaired) electrons. The summed E-state index contributed by atoms with van der Waals surface area (Å²) in [6.45, 7) is 3.94. The maximum atomic E-state index is 12.8. The number of hydrogen-bond donors (Lipinski definition) is 3. The molecule has 0 unspecified atom stereocenters. The van der Waals surface area contributed by atoms with Crippen LogP contribution in [0.15, 0.2) is 60.7 Å². The summed E-state index contributed by atoms with van der Waals surface area (Å²) in [6, 6.07) is 18.2. The number of carbonyl (C=O) groups excluding carboxylic acids is 2. The summed E-state index contributed by atoms with van der Waals surface area (Å²) < 4.78 is 5.25. The molecule has 0 bridgehead atoms. The third-order valence-corrected chi connectivity index (χ3v) is 4.72. The van der Waals surface area contributed by atoms with Crippen molar-refractivity contribution in [2.24, 2.45) is 5.92 Å². The standard InChI is InChI=1S/C24H32N2O4/c1-18(2)15-22(26-24(29)30-17-20-11-7-4-8-12-20)23(28)25-21(16-27)14-13-19-9-5-3-6-10-19/h3-12,18,21-22,27H,13-17H2,1-2H3,(H,25,28)(H,26,29)/t21-,22-/m0/s1. The normalized spacial score (nSPS) is 12.8. The fraction of sp³-hybridized carbons (Fsp3) is 0.417. The van der Waals surface area contributed by atoms with Gasteiger partial charge in [0.15, 0.2) is 0 Å². The van der Waals surface area contributed by atoms with Gasteiger partial charge in [0.05, 0.1) is 12.6 Å². The monoisotopic (exact) mass is 412 g/mol. The van der Waals surface area contributed by atoms with Crippen molar-refractivity contribution in [2.45, 2.75) is 51.8 Å². The Hall–Kier alpha value is -2.86. The van der Waals surface area contributed by atoms with Crippen molar-refractivity contribution in [3.63, 3.8) is 0 Å². The van der Waals surface area contributed by atoms with Crippen LogP contribution in [0.25, 0.3) is 0 Å². The largest absolute Gasteiger partial charge is 0.445 e. The molecule has 162 valence electrons. The molecule has 0 aliphatic rings. The van der Waals surface area contributed by atoms with Crippen molar-refractivity contribution in [3.8, 4) is 0 Å². The van der Waals surface area contributed by atoms with Crippen molar-refractivity contribution in [3.05, 3.63) is 71.8 Å². The number of hydrogen-bond acceptors (Lipinski definition) is 4. The fourth-order valence-corrected chi connectivity index (χ4v) is 3.11. The van der Waals surface area contributed by atoms with Gasteiger partial charge in [-0.2, -0.15) is 0 Å². The third-order valence-electron chi connectivity index (χ3n) is 4.72. The van der Waals surface area contributed by atoms with Crippen LogP contribution in [0.4, 0.5) is 4.79 Å². The Morgan fingerprint density at radius 2 is 1.53 bits per heavy atom. The zero-order valence-electron chi connectivity index (χ0n) is 17.7. The minimum atomic E-state index is -0.723. The van der Waals surface area contributed by atoms with Crippen molar-refractivity contribution in [1.29, 1.82) is 0 Å². The van der Waals surface area contributed by atoms with Crippen LogP contribution in [0.1, 0.15) is 37.8 Å². The first-order chi connectivity index (χ1) is 14.5. The minimum Gasteiger partial charge on any atom is -0.445 e. The van der Waals surface area contributed by atoms with Crippen molar-refractivity contribution >= 4 is 12.0 Å². The molecule has 0 spiro atoms. The van der Waals surface area contributed by atoms with Crippen molar-refractivity contribution in [2.75, 3.05) is 6.61 Å². The molecule has 0 aromatic heterocycles. The summed E-state index contributed by atoms with van der Waals surface area (Å²) in [5.74, 6) is -0.112. The van der Waals surface area contributed by atoms with E-state index in [0.29, 0.717) is 12.8 Å². The molecule has 2 amide bonds. The topological polar surface area (TPSA) is 87.7 Å². The number of rotatable bonds is 11. The smallest absolute Gasteiger partial charge is 0.408 e. The Morgan fingerprint density at radius 1 is 0.933 bits per heavy atom. The molecule has 0 aliphatic carbocycles. The highest BCUT2D eigenvalue weighted by Gasteiger charge is 2.24. The third kappa shape index (κ3) is 8.66. The van der Waals surface area contributed by atoms with Gasteiger partial charge in [0, 0.05) is 0 Å². The van der Waals surface area contributed by atoms with Crippen LogP contribution in [0, 0.1) is 5.92 Å². The Morgan fingerprint density at radius 3 is 2.10 bits per heavy atom. The molecule has 2 aromatic rings. The van der Waals surface area contributed by atoms with E-state index >= 15 is 0 Å². The molecule has 2 atom stereocenters. The van der Waals surface area contributed by atoms with Gasteiger partial charge in [-0.1, -0.05) is 74.5 Å². The van der Waals surface area contributed by atoms with Crippen LogP contribution < -0.4 is 10.6 Å². The minimum absolute atomic E-state index is 0.138. The summed E-state index contributed by atoms with van der Waals surface area (Å²) in [6.07, 6.45) is 1.19. The second-order valence-electron chi connectivity index (χ2n) is 7.80. The number of aliphatic hydroxyl groups is 1. The zero-order chi connectivity index (χ0) is 21.8. The first-order valence-electron chi connectivity index (χ1n) is 10.4. The molecule has 6 nitrogen and oxygen atoms in total. The number of nitrogens with one attached hydrogen (secondary N) is 2. The van der Waals surface area contributed by atoms with E-state index in [0.717, 1.165) is 17.5 Å². The average molecular weight is 413 g/mol. The Kier molecular flexibility index (Phi) is 9.87. The average Bonchev–Trinajstić information content (AvgIpc) is 2.75. The SMILES string of the molecule is CC(C)C[C@H](NC(=O)OCc1ccccc1)C(=O)N[C@H](CO)CCc1ccccc1. The molecule has 6 heteroatoms. The predicted octanol–water partition coefficient (Wildman–Crippen LogP) is 3.44. The molecule has 30 heavy (non-hydrogen) atoms. The molecule has 0 heterocycles. The molecular formula is C24H32N2O4. The summed E-state index contributed by atoms with van der Waals surface area (Å²) in [5, 5.41) is 15.2. The van der Waals surface area contributed by atoms with Crippen LogP contribution >= 0.6 is 0 Å². The van der Waals surface area contributed by atoms with E-state index in [1.165, 1.54) is 0 Å². The second-order valence-corrected chi connectivity index (χ2v) is 7.80. The first-order valence-corrected chi connectivity index (χ1v) is 10.4. The quantitative estimate of drug-likeness (QED) is 0.528. The van der Waals surface area contributed by atoms with Gasteiger partial charge < -0.3 is 20.5 Å². The van der Waals surface area contributed by atoms with Gasteiger partial charge in [-0.15, -0.1) is 0 Å². The highest BCUT2D eigenvalue weighted by molar-refractivity contribution is 5.85. The molecule has 2 rings (SSSR count). The lowest BCUT2D eigenvalue weighted by Gasteiger charge is -2.23. The number of amides is 2. The number of aryl methyl sites for hydroxylation is 1. The van der Waals surface area contributed by atoms with E-state index in [4.69, 9.17) is 4.74 Å². The van der Waals surface area contributed by atoms with Crippen LogP contribution in [-0.2, 0) is 22.6 Å². The number of alkyl carbamates (subject to hydrolysis) is 1. The second kappa shape index (κ2) is 12.6. The summed E-state index contributed by atoms with van der Waals surface area (Å²) in [5.41, 5.74) is 2.02. The van der Waals surface area contributed by atoms with Crippen LogP contribution in [-0.4, -0.2) is 35.8 Å². The van der Waals surface area contributed by atoms with Gasteiger partial charge in [-0.3, -0.25) is 4.79 Å². The predicted molar refractivity (Wildman–Crippen MR) is 117 cm³/mol. The number of carbonyl (C=O) groups is 2. The van der Waals surface area contributed by atoms with Gasteiger partial charge in [0.25, 0.3) is 0 Å². The van der Waals surface area contributed by atoms with E-state index in [9.17, 15) is 14.7 Å². The van der Waals surface area contributed by atoms with Crippen LogP contribution in [0.3, 0.4) is 0 Å².